The third-order valence-corrected chi connectivity index (χ3v) is 4.63. The molecule has 0 heterocycles. The SMILES string of the molecule is CN(CCCS(C)(=O)=O)Cc1ccccc1-c1ccccc1. The summed E-state index contributed by atoms with van der Waals surface area (Å²) >= 11 is 0. The molecule has 4 heteroatoms. The average Bonchev–Trinajstić information content (AvgIpc) is 2.47. The van der Waals surface area contributed by atoms with Crippen LogP contribution in [0.15, 0.2) is 54.6 Å². The summed E-state index contributed by atoms with van der Waals surface area (Å²) in [5, 5.41) is 0. The van der Waals surface area contributed by atoms with Crippen LogP contribution in [0.1, 0.15) is 12.0 Å². The van der Waals surface area contributed by atoms with E-state index >= 15 is 0 Å². The van der Waals surface area contributed by atoms with E-state index in [0.29, 0.717) is 6.42 Å². The zero-order valence-electron chi connectivity index (χ0n) is 13.2. The fourth-order valence-electron chi connectivity index (χ4n) is 2.52. The molecule has 0 bridgehead atoms. The summed E-state index contributed by atoms with van der Waals surface area (Å²) in [5.74, 6) is 0.248. The van der Waals surface area contributed by atoms with Gasteiger partial charge in [-0.25, -0.2) is 8.42 Å². The standard InChI is InChI=1S/C18H23NO2S/c1-19(13-8-14-22(2,20)21)15-17-11-6-7-12-18(17)16-9-4-3-5-10-16/h3-7,9-12H,8,13-15H2,1-2H3. The van der Waals surface area contributed by atoms with Gasteiger partial charge in [0.15, 0.2) is 0 Å². The molecule has 0 N–H and O–H groups in total. The van der Waals surface area contributed by atoms with Crippen LogP contribution in [0.2, 0.25) is 0 Å². The van der Waals surface area contributed by atoms with Crippen LogP contribution >= 0.6 is 0 Å². The van der Waals surface area contributed by atoms with Gasteiger partial charge < -0.3 is 4.90 Å². The molecule has 0 aliphatic rings. The van der Waals surface area contributed by atoms with Crippen molar-refractivity contribution in [1.82, 2.24) is 4.90 Å². The van der Waals surface area contributed by atoms with Crippen molar-refractivity contribution in [3.8, 4) is 11.1 Å². The van der Waals surface area contributed by atoms with Crippen LogP contribution in [-0.4, -0.2) is 38.9 Å². The highest BCUT2D eigenvalue weighted by molar-refractivity contribution is 7.90. The first kappa shape index (κ1) is 16.7. The van der Waals surface area contributed by atoms with Gasteiger partial charge in [-0.3, -0.25) is 0 Å². The summed E-state index contributed by atoms with van der Waals surface area (Å²) in [6.45, 7) is 1.59. The molecule has 0 atom stereocenters. The maximum absolute atomic E-state index is 11.2. The Morgan fingerprint density at radius 3 is 2.27 bits per heavy atom. The Hall–Kier alpha value is -1.65. The first-order chi connectivity index (χ1) is 10.5. The molecule has 2 rings (SSSR count). The van der Waals surface area contributed by atoms with Gasteiger partial charge >= 0.3 is 0 Å². The minimum Gasteiger partial charge on any atom is -0.302 e. The van der Waals surface area contributed by atoms with Gasteiger partial charge in [0, 0.05) is 12.8 Å². The van der Waals surface area contributed by atoms with Crippen molar-refractivity contribution in [2.75, 3.05) is 25.6 Å². The van der Waals surface area contributed by atoms with Crippen LogP contribution in [0.4, 0.5) is 0 Å². The predicted molar refractivity (Wildman–Crippen MR) is 92.5 cm³/mol. The normalized spacial score (nSPS) is 11.8. The monoisotopic (exact) mass is 317 g/mol. The van der Waals surface area contributed by atoms with E-state index in [9.17, 15) is 8.42 Å². The van der Waals surface area contributed by atoms with E-state index in [1.165, 1.54) is 22.9 Å². The topological polar surface area (TPSA) is 37.4 Å². The van der Waals surface area contributed by atoms with Gasteiger partial charge in [0.1, 0.15) is 9.84 Å². The van der Waals surface area contributed by atoms with Gasteiger partial charge in [0.2, 0.25) is 0 Å². The number of nitrogens with zero attached hydrogens (tertiary/aromatic N) is 1. The minimum atomic E-state index is -2.87. The molecular formula is C18H23NO2S. The largest absolute Gasteiger partial charge is 0.302 e. The van der Waals surface area contributed by atoms with Crippen LogP contribution in [-0.2, 0) is 16.4 Å². The molecule has 0 aliphatic heterocycles. The van der Waals surface area contributed by atoms with Crippen molar-refractivity contribution in [2.24, 2.45) is 0 Å². The third-order valence-electron chi connectivity index (χ3n) is 3.60. The summed E-state index contributed by atoms with van der Waals surface area (Å²) in [7, 11) is -0.839. The summed E-state index contributed by atoms with van der Waals surface area (Å²) < 4.78 is 22.4. The Morgan fingerprint density at radius 1 is 0.955 bits per heavy atom. The van der Waals surface area contributed by atoms with Crippen LogP contribution in [0.3, 0.4) is 0 Å². The number of rotatable bonds is 7. The maximum atomic E-state index is 11.2. The molecule has 3 nitrogen and oxygen atoms in total. The van der Waals surface area contributed by atoms with Crippen molar-refractivity contribution in [1.29, 1.82) is 0 Å². The number of benzene rings is 2. The lowest BCUT2D eigenvalue weighted by Gasteiger charge is -2.19. The quantitative estimate of drug-likeness (QED) is 0.787. The van der Waals surface area contributed by atoms with Crippen molar-refractivity contribution in [2.45, 2.75) is 13.0 Å². The Morgan fingerprint density at radius 2 is 1.59 bits per heavy atom. The lowest BCUT2D eigenvalue weighted by molar-refractivity contribution is 0.328. The van der Waals surface area contributed by atoms with E-state index in [1.807, 2.05) is 31.3 Å². The van der Waals surface area contributed by atoms with E-state index in [1.54, 1.807) is 0 Å². The molecule has 0 radical (unpaired) electrons. The lowest BCUT2D eigenvalue weighted by Crippen LogP contribution is -2.21. The van der Waals surface area contributed by atoms with E-state index in [-0.39, 0.29) is 5.75 Å². The van der Waals surface area contributed by atoms with Crippen LogP contribution < -0.4 is 0 Å². The summed E-state index contributed by atoms with van der Waals surface area (Å²) in [5.41, 5.74) is 3.70. The first-order valence-corrected chi connectivity index (χ1v) is 9.51. The molecule has 0 fully saturated rings. The zero-order valence-corrected chi connectivity index (χ0v) is 14.0. The third kappa shape index (κ3) is 5.28. The molecule has 0 saturated carbocycles. The Kier molecular flexibility index (Phi) is 5.75. The second kappa shape index (κ2) is 7.56. The van der Waals surface area contributed by atoms with Crippen LogP contribution in [0.5, 0.6) is 0 Å². The van der Waals surface area contributed by atoms with Crippen LogP contribution in [0.25, 0.3) is 11.1 Å². The van der Waals surface area contributed by atoms with E-state index < -0.39 is 9.84 Å². The fourth-order valence-corrected chi connectivity index (χ4v) is 3.18. The van der Waals surface area contributed by atoms with Gasteiger partial charge in [0.05, 0.1) is 5.75 Å². The molecule has 0 aliphatic carbocycles. The maximum Gasteiger partial charge on any atom is 0.147 e. The number of hydrogen-bond acceptors (Lipinski definition) is 3. The molecular weight excluding hydrogens is 294 g/mol. The van der Waals surface area contributed by atoms with Crippen molar-refractivity contribution >= 4 is 9.84 Å². The van der Waals surface area contributed by atoms with Gasteiger partial charge in [-0.1, -0.05) is 54.6 Å². The molecule has 2 aromatic rings. The second-order valence-corrected chi connectivity index (χ2v) is 8.00. The van der Waals surface area contributed by atoms with E-state index in [4.69, 9.17) is 0 Å². The highest BCUT2D eigenvalue weighted by Crippen LogP contribution is 2.24. The molecule has 2 aromatic carbocycles. The predicted octanol–water partition coefficient (Wildman–Crippen LogP) is 3.22. The summed E-state index contributed by atoms with van der Waals surface area (Å²) in [6.07, 6.45) is 1.96. The van der Waals surface area contributed by atoms with Crippen LogP contribution in [0, 0.1) is 0 Å². The van der Waals surface area contributed by atoms with Crippen molar-refractivity contribution in [3.63, 3.8) is 0 Å². The summed E-state index contributed by atoms with van der Waals surface area (Å²) in [6, 6.07) is 18.7. The highest BCUT2D eigenvalue weighted by Gasteiger charge is 2.08. The van der Waals surface area contributed by atoms with E-state index in [0.717, 1.165) is 13.1 Å². The Labute approximate surface area is 133 Å². The Bertz CT molecular complexity index is 696. The first-order valence-electron chi connectivity index (χ1n) is 7.45. The molecule has 0 amide bonds. The second-order valence-electron chi connectivity index (χ2n) is 5.74. The van der Waals surface area contributed by atoms with Gasteiger partial charge in [-0.15, -0.1) is 0 Å². The van der Waals surface area contributed by atoms with Gasteiger partial charge in [0.25, 0.3) is 0 Å². The smallest absolute Gasteiger partial charge is 0.147 e. The number of sulfone groups is 1. The molecule has 0 spiro atoms. The number of hydrogen-bond donors (Lipinski definition) is 0. The minimum absolute atomic E-state index is 0.248. The molecule has 118 valence electrons. The fraction of sp³-hybridized carbons (Fsp3) is 0.333. The van der Waals surface area contributed by atoms with Crippen molar-refractivity contribution in [3.05, 3.63) is 60.2 Å². The molecule has 0 aromatic heterocycles. The molecule has 0 saturated heterocycles. The molecule has 22 heavy (non-hydrogen) atoms. The Balaban J connectivity index is 2.04. The van der Waals surface area contributed by atoms with Crippen molar-refractivity contribution < 1.29 is 8.42 Å². The van der Waals surface area contributed by atoms with E-state index in [2.05, 4.69) is 35.2 Å². The highest BCUT2D eigenvalue weighted by atomic mass is 32.2. The zero-order chi connectivity index (χ0) is 16.0. The summed E-state index contributed by atoms with van der Waals surface area (Å²) in [4.78, 5) is 2.17. The van der Waals surface area contributed by atoms with Gasteiger partial charge in [-0.2, -0.15) is 0 Å². The molecule has 0 unspecified atom stereocenters. The lowest BCUT2D eigenvalue weighted by atomic mass is 9.99. The average molecular weight is 317 g/mol. The van der Waals surface area contributed by atoms with Gasteiger partial charge in [-0.05, 0) is 36.7 Å².